The molecule has 0 aromatic carbocycles. The fraction of sp³-hybridized carbons (Fsp3) is 0.385. The number of esters is 1. The Morgan fingerprint density at radius 1 is 1.53 bits per heavy atom. The highest BCUT2D eigenvalue weighted by atomic mass is 16.5. The SMILES string of the molecule is CCOC(=O)/C=C/CNCc1cccc(C)n1. The van der Waals surface area contributed by atoms with Crippen LogP contribution in [0.5, 0.6) is 0 Å². The standard InChI is InChI=1S/C13H18N2O2/c1-3-17-13(16)8-5-9-14-10-12-7-4-6-11(2)15-12/h4-8,14H,3,9-10H2,1-2H3/b8-5+. The Hall–Kier alpha value is -1.68. The lowest BCUT2D eigenvalue weighted by molar-refractivity contribution is -0.137. The zero-order chi connectivity index (χ0) is 12.5. The van der Waals surface area contributed by atoms with Crippen LogP contribution < -0.4 is 5.32 Å². The third-order valence-electron chi connectivity index (χ3n) is 2.05. The molecular weight excluding hydrogens is 216 g/mol. The Kier molecular flexibility index (Phi) is 5.96. The number of ether oxygens (including phenoxy) is 1. The third-order valence-corrected chi connectivity index (χ3v) is 2.05. The number of nitrogens with one attached hydrogen (secondary N) is 1. The van der Waals surface area contributed by atoms with Crippen LogP contribution >= 0.6 is 0 Å². The lowest BCUT2D eigenvalue weighted by Gasteiger charge is -2.02. The monoisotopic (exact) mass is 234 g/mol. The maximum atomic E-state index is 11.0. The van der Waals surface area contributed by atoms with Gasteiger partial charge in [0.2, 0.25) is 0 Å². The minimum atomic E-state index is -0.303. The Labute approximate surface area is 102 Å². The van der Waals surface area contributed by atoms with Gasteiger partial charge >= 0.3 is 5.97 Å². The van der Waals surface area contributed by atoms with Gasteiger partial charge in [0.05, 0.1) is 12.3 Å². The molecule has 0 aliphatic heterocycles. The van der Waals surface area contributed by atoms with Crippen LogP contribution in [0.3, 0.4) is 0 Å². The Morgan fingerprint density at radius 2 is 2.35 bits per heavy atom. The van der Waals surface area contributed by atoms with E-state index < -0.39 is 0 Å². The molecule has 1 aromatic rings. The van der Waals surface area contributed by atoms with Crippen molar-refractivity contribution in [3.05, 3.63) is 41.7 Å². The van der Waals surface area contributed by atoms with E-state index in [9.17, 15) is 4.79 Å². The Bertz CT molecular complexity index is 389. The number of aromatic nitrogens is 1. The molecule has 0 atom stereocenters. The van der Waals surface area contributed by atoms with Crippen LogP contribution in [0.25, 0.3) is 0 Å². The molecule has 17 heavy (non-hydrogen) atoms. The minimum absolute atomic E-state index is 0.303. The van der Waals surface area contributed by atoms with Crippen LogP contribution in [0.1, 0.15) is 18.3 Å². The van der Waals surface area contributed by atoms with Gasteiger partial charge in [-0.15, -0.1) is 0 Å². The highest BCUT2D eigenvalue weighted by Crippen LogP contribution is 1.96. The van der Waals surface area contributed by atoms with Crippen molar-refractivity contribution in [1.82, 2.24) is 10.3 Å². The van der Waals surface area contributed by atoms with Crippen LogP contribution in [-0.2, 0) is 16.1 Å². The highest BCUT2D eigenvalue weighted by molar-refractivity contribution is 5.81. The summed E-state index contributed by atoms with van der Waals surface area (Å²) in [5, 5.41) is 3.17. The van der Waals surface area contributed by atoms with E-state index in [1.54, 1.807) is 13.0 Å². The van der Waals surface area contributed by atoms with E-state index in [1.807, 2.05) is 25.1 Å². The van der Waals surface area contributed by atoms with Crippen molar-refractivity contribution in [2.45, 2.75) is 20.4 Å². The fourth-order valence-electron chi connectivity index (χ4n) is 1.33. The molecule has 0 aliphatic rings. The number of nitrogens with zero attached hydrogens (tertiary/aromatic N) is 1. The van der Waals surface area contributed by atoms with E-state index in [2.05, 4.69) is 10.3 Å². The Balaban J connectivity index is 2.22. The summed E-state index contributed by atoms with van der Waals surface area (Å²) >= 11 is 0. The first-order valence-corrected chi connectivity index (χ1v) is 5.69. The van der Waals surface area contributed by atoms with Crippen molar-refractivity contribution in [3.63, 3.8) is 0 Å². The lowest BCUT2D eigenvalue weighted by atomic mass is 10.3. The first-order chi connectivity index (χ1) is 8.22. The van der Waals surface area contributed by atoms with Crippen LogP contribution in [0.4, 0.5) is 0 Å². The predicted octanol–water partition coefficient (Wildman–Crippen LogP) is 1.60. The number of rotatable bonds is 6. The van der Waals surface area contributed by atoms with E-state index in [4.69, 9.17) is 4.74 Å². The maximum Gasteiger partial charge on any atom is 0.330 e. The molecule has 0 bridgehead atoms. The van der Waals surface area contributed by atoms with E-state index >= 15 is 0 Å². The molecule has 1 heterocycles. The van der Waals surface area contributed by atoms with Gasteiger partial charge in [0.15, 0.2) is 0 Å². The molecule has 0 unspecified atom stereocenters. The van der Waals surface area contributed by atoms with Gasteiger partial charge in [-0.1, -0.05) is 12.1 Å². The van der Waals surface area contributed by atoms with Crippen LogP contribution in [-0.4, -0.2) is 24.1 Å². The van der Waals surface area contributed by atoms with Gasteiger partial charge in [0.25, 0.3) is 0 Å². The van der Waals surface area contributed by atoms with Gasteiger partial charge in [-0.05, 0) is 26.0 Å². The summed E-state index contributed by atoms with van der Waals surface area (Å²) in [4.78, 5) is 15.3. The van der Waals surface area contributed by atoms with Gasteiger partial charge < -0.3 is 10.1 Å². The van der Waals surface area contributed by atoms with Gasteiger partial charge in [-0.2, -0.15) is 0 Å². The van der Waals surface area contributed by atoms with Crippen LogP contribution in [0, 0.1) is 6.92 Å². The summed E-state index contributed by atoms with van der Waals surface area (Å²) in [7, 11) is 0. The summed E-state index contributed by atoms with van der Waals surface area (Å²) in [6.07, 6.45) is 3.17. The summed E-state index contributed by atoms with van der Waals surface area (Å²) in [5.74, 6) is -0.303. The number of carbonyl (C=O) groups excluding carboxylic acids is 1. The van der Waals surface area contributed by atoms with Crippen LogP contribution in [0.2, 0.25) is 0 Å². The molecule has 1 aromatic heterocycles. The lowest BCUT2D eigenvalue weighted by Crippen LogP contribution is -2.14. The van der Waals surface area contributed by atoms with E-state index in [-0.39, 0.29) is 5.97 Å². The second-order valence-corrected chi connectivity index (χ2v) is 3.56. The Morgan fingerprint density at radius 3 is 3.06 bits per heavy atom. The molecule has 0 fully saturated rings. The van der Waals surface area contributed by atoms with Crippen molar-refractivity contribution >= 4 is 5.97 Å². The molecule has 0 radical (unpaired) electrons. The van der Waals surface area contributed by atoms with Gasteiger partial charge in [-0.25, -0.2) is 4.79 Å². The predicted molar refractivity (Wildman–Crippen MR) is 66.5 cm³/mol. The second kappa shape index (κ2) is 7.57. The average Bonchev–Trinajstić information content (AvgIpc) is 2.29. The molecule has 0 saturated heterocycles. The topological polar surface area (TPSA) is 51.2 Å². The molecule has 0 saturated carbocycles. The molecular formula is C13H18N2O2. The largest absolute Gasteiger partial charge is 0.463 e. The zero-order valence-corrected chi connectivity index (χ0v) is 10.3. The third kappa shape index (κ3) is 5.82. The molecule has 0 spiro atoms. The fourth-order valence-corrected chi connectivity index (χ4v) is 1.33. The number of hydrogen-bond acceptors (Lipinski definition) is 4. The summed E-state index contributed by atoms with van der Waals surface area (Å²) in [6, 6.07) is 5.91. The van der Waals surface area contributed by atoms with E-state index in [0.29, 0.717) is 19.7 Å². The van der Waals surface area contributed by atoms with Gasteiger partial charge in [-0.3, -0.25) is 4.98 Å². The molecule has 1 rings (SSSR count). The first kappa shape index (κ1) is 13.4. The molecule has 4 nitrogen and oxygen atoms in total. The van der Waals surface area contributed by atoms with Crippen molar-refractivity contribution in [3.8, 4) is 0 Å². The molecule has 1 N–H and O–H groups in total. The van der Waals surface area contributed by atoms with E-state index in [1.165, 1.54) is 6.08 Å². The molecule has 0 aliphatic carbocycles. The number of aryl methyl sites for hydroxylation is 1. The quantitative estimate of drug-likeness (QED) is 0.461. The van der Waals surface area contributed by atoms with Crippen molar-refractivity contribution in [2.75, 3.05) is 13.2 Å². The average molecular weight is 234 g/mol. The minimum Gasteiger partial charge on any atom is -0.463 e. The van der Waals surface area contributed by atoms with Crippen molar-refractivity contribution < 1.29 is 9.53 Å². The van der Waals surface area contributed by atoms with Crippen molar-refractivity contribution in [1.29, 1.82) is 0 Å². The summed E-state index contributed by atoms with van der Waals surface area (Å²) in [5.41, 5.74) is 2.00. The van der Waals surface area contributed by atoms with Gasteiger partial charge in [0.1, 0.15) is 0 Å². The maximum absolute atomic E-state index is 11.0. The molecule has 4 heteroatoms. The smallest absolute Gasteiger partial charge is 0.330 e. The van der Waals surface area contributed by atoms with Gasteiger partial charge in [0, 0.05) is 24.9 Å². The number of hydrogen-bond donors (Lipinski definition) is 1. The van der Waals surface area contributed by atoms with Crippen LogP contribution in [0.15, 0.2) is 30.4 Å². The molecule has 92 valence electrons. The zero-order valence-electron chi connectivity index (χ0n) is 10.3. The normalized spacial score (nSPS) is 10.7. The number of carbonyl (C=O) groups is 1. The van der Waals surface area contributed by atoms with Crippen molar-refractivity contribution in [2.24, 2.45) is 0 Å². The number of pyridine rings is 1. The first-order valence-electron chi connectivity index (χ1n) is 5.69. The van der Waals surface area contributed by atoms with E-state index in [0.717, 1.165) is 11.4 Å². The second-order valence-electron chi connectivity index (χ2n) is 3.56. The molecule has 0 amide bonds. The summed E-state index contributed by atoms with van der Waals surface area (Å²) in [6.45, 7) is 5.46. The summed E-state index contributed by atoms with van der Waals surface area (Å²) < 4.78 is 4.76. The highest BCUT2D eigenvalue weighted by Gasteiger charge is 1.94.